The van der Waals surface area contributed by atoms with E-state index in [0.29, 0.717) is 12.4 Å². The van der Waals surface area contributed by atoms with Crippen LogP contribution in [-0.4, -0.2) is 28.0 Å². The Balaban J connectivity index is 1.94. The van der Waals surface area contributed by atoms with Gasteiger partial charge in [0.1, 0.15) is 11.0 Å². The fraction of sp³-hybridized carbons (Fsp3) is 0.588. The third-order valence-corrected chi connectivity index (χ3v) is 5.63. The molecule has 0 radical (unpaired) electrons. The molecular formula is C17H25NO3S. The highest BCUT2D eigenvalue weighted by Crippen LogP contribution is 2.21. The third-order valence-electron chi connectivity index (χ3n) is 4.04. The molecule has 1 aliphatic rings. The van der Waals surface area contributed by atoms with E-state index < -0.39 is 16.0 Å². The molecule has 0 bridgehead atoms. The first-order valence-corrected chi connectivity index (χ1v) is 9.38. The summed E-state index contributed by atoms with van der Waals surface area (Å²) in [6.45, 7) is 4.23. The van der Waals surface area contributed by atoms with Crippen LogP contribution in [-0.2, 0) is 21.3 Å². The highest BCUT2D eigenvalue weighted by atomic mass is 32.2. The second-order valence-corrected chi connectivity index (χ2v) is 7.46. The topological polar surface area (TPSA) is 55.4 Å². The zero-order valence-electron chi connectivity index (χ0n) is 13.3. The molecule has 0 saturated heterocycles. The Morgan fingerprint density at radius 2 is 2.05 bits per heavy atom. The van der Waals surface area contributed by atoms with E-state index in [2.05, 4.69) is 5.32 Å². The van der Waals surface area contributed by atoms with Crippen LogP contribution in [0.3, 0.4) is 0 Å². The summed E-state index contributed by atoms with van der Waals surface area (Å²) in [5, 5.41) is 2.52. The van der Waals surface area contributed by atoms with Crippen LogP contribution in [0.25, 0.3) is 0 Å². The maximum atomic E-state index is 12.5. The van der Waals surface area contributed by atoms with Gasteiger partial charge in [-0.2, -0.15) is 0 Å². The predicted molar refractivity (Wildman–Crippen MR) is 89.3 cm³/mol. The van der Waals surface area contributed by atoms with E-state index in [4.69, 9.17) is 4.74 Å². The molecule has 1 N–H and O–H groups in total. The number of nitrogens with one attached hydrogen (secondary N) is 1. The number of carbonyl (C=O) groups is 1. The summed E-state index contributed by atoms with van der Waals surface area (Å²) in [5.41, 5.74) is 0.892. The molecule has 122 valence electrons. The molecule has 0 unspecified atom stereocenters. The summed E-state index contributed by atoms with van der Waals surface area (Å²) >= 11 is 0. The number of carbonyl (C=O) groups excluding carboxylic acids is 1. The van der Waals surface area contributed by atoms with Crippen molar-refractivity contribution >= 4 is 16.7 Å². The molecule has 1 aromatic rings. The van der Waals surface area contributed by atoms with Gasteiger partial charge >= 0.3 is 0 Å². The van der Waals surface area contributed by atoms with Crippen LogP contribution in [0, 0.1) is 0 Å². The highest BCUT2D eigenvalue weighted by molar-refractivity contribution is 7.85. The minimum absolute atomic E-state index is 0.0980. The lowest BCUT2D eigenvalue weighted by Gasteiger charge is -2.17. The van der Waals surface area contributed by atoms with Crippen molar-refractivity contribution in [2.45, 2.75) is 56.6 Å². The average molecular weight is 323 g/mol. The van der Waals surface area contributed by atoms with Crippen molar-refractivity contribution in [2.75, 3.05) is 6.61 Å². The van der Waals surface area contributed by atoms with Gasteiger partial charge < -0.3 is 10.1 Å². The number of amides is 1. The Kier molecular flexibility index (Phi) is 6.43. The van der Waals surface area contributed by atoms with Crippen molar-refractivity contribution in [2.24, 2.45) is 0 Å². The summed E-state index contributed by atoms with van der Waals surface area (Å²) in [5.74, 6) is 0.996. The van der Waals surface area contributed by atoms with Crippen LogP contribution < -0.4 is 10.1 Å². The van der Waals surface area contributed by atoms with Crippen molar-refractivity contribution < 1.29 is 13.7 Å². The summed E-state index contributed by atoms with van der Waals surface area (Å²) in [7, 11) is -1.25. The van der Waals surface area contributed by atoms with Gasteiger partial charge in [-0.15, -0.1) is 0 Å². The Labute approximate surface area is 135 Å². The molecule has 22 heavy (non-hydrogen) atoms. The molecule has 4 nitrogen and oxygen atoms in total. The van der Waals surface area contributed by atoms with Gasteiger partial charge in [-0.25, -0.2) is 0 Å². The first-order chi connectivity index (χ1) is 10.6. The maximum absolute atomic E-state index is 12.5. The van der Waals surface area contributed by atoms with Crippen LogP contribution in [0.2, 0.25) is 0 Å². The minimum atomic E-state index is -1.25. The average Bonchev–Trinajstić information content (AvgIpc) is 3.01. The van der Waals surface area contributed by atoms with Gasteiger partial charge in [0.25, 0.3) is 0 Å². The SMILES string of the molecule is CCOc1ccccc1C[S@](=O)[C@H](C)C(=O)NC1CCCC1. The molecule has 1 saturated carbocycles. The lowest BCUT2D eigenvalue weighted by Crippen LogP contribution is -2.40. The van der Waals surface area contributed by atoms with Gasteiger partial charge in [0.15, 0.2) is 0 Å². The lowest BCUT2D eigenvalue weighted by molar-refractivity contribution is -0.121. The molecule has 1 aliphatic carbocycles. The number of para-hydroxylation sites is 1. The maximum Gasteiger partial charge on any atom is 0.235 e. The van der Waals surface area contributed by atoms with Crippen LogP contribution in [0.1, 0.15) is 45.1 Å². The molecule has 0 aliphatic heterocycles. The normalized spacial score (nSPS) is 17.9. The summed E-state index contributed by atoms with van der Waals surface area (Å²) < 4.78 is 18.0. The Morgan fingerprint density at radius 1 is 1.36 bits per heavy atom. The lowest BCUT2D eigenvalue weighted by atomic mass is 10.2. The van der Waals surface area contributed by atoms with E-state index in [1.54, 1.807) is 6.92 Å². The molecule has 0 heterocycles. The van der Waals surface area contributed by atoms with E-state index in [-0.39, 0.29) is 11.9 Å². The Hall–Kier alpha value is -1.36. The van der Waals surface area contributed by atoms with Crippen LogP contribution >= 0.6 is 0 Å². The standard InChI is InChI=1S/C17H25NO3S/c1-3-21-16-11-7-4-8-14(16)12-22(20)13(2)17(19)18-15-9-5-6-10-15/h4,7-8,11,13,15H,3,5-6,9-10,12H2,1-2H3,(H,18,19)/t13-,22+/m1/s1. The molecule has 0 spiro atoms. The predicted octanol–water partition coefficient (Wildman–Crippen LogP) is 2.78. The van der Waals surface area contributed by atoms with Crippen molar-refractivity contribution in [1.82, 2.24) is 5.32 Å². The van der Waals surface area contributed by atoms with E-state index >= 15 is 0 Å². The number of hydrogen-bond acceptors (Lipinski definition) is 3. The van der Waals surface area contributed by atoms with E-state index in [1.807, 2.05) is 31.2 Å². The molecule has 2 atom stereocenters. The van der Waals surface area contributed by atoms with Crippen molar-refractivity contribution in [3.63, 3.8) is 0 Å². The van der Waals surface area contributed by atoms with Gasteiger partial charge in [-0.1, -0.05) is 31.0 Å². The molecule has 0 aromatic heterocycles. The molecule has 1 aromatic carbocycles. The van der Waals surface area contributed by atoms with E-state index in [1.165, 1.54) is 12.8 Å². The Morgan fingerprint density at radius 3 is 2.73 bits per heavy atom. The quantitative estimate of drug-likeness (QED) is 0.839. The first-order valence-electron chi connectivity index (χ1n) is 8.00. The second kappa shape index (κ2) is 8.32. The molecular weight excluding hydrogens is 298 g/mol. The molecule has 2 rings (SSSR count). The minimum Gasteiger partial charge on any atom is -0.494 e. The first kappa shape index (κ1) is 17.0. The van der Waals surface area contributed by atoms with E-state index in [0.717, 1.165) is 24.2 Å². The fourth-order valence-electron chi connectivity index (χ4n) is 2.71. The largest absolute Gasteiger partial charge is 0.494 e. The van der Waals surface area contributed by atoms with Crippen LogP contribution in [0.15, 0.2) is 24.3 Å². The summed E-state index contributed by atoms with van der Waals surface area (Å²) in [6.07, 6.45) is 4.42. The van der Waals surface area contributed by atoms with Crippen molar-refractivity contribution in [1.29, 1.82) is 0 Å². The van der Waals surface area contributed by atoms with Gasteiger partial charge in [0.2, 0.25) is 5.91 Å². The second-order valence-electron chi connectivity index (χ2n) is 5.70. The zero-order chi connectivity index (χ0) is 15.9. The van der Waals surface area contributed by atoms with Crippen LogP contribution in [0.5, 0.6) is 5.75 Å². The monoisotopic (exact) mass is 323 g/mol. The van der Waals surface area contributed by atoms with Gasteiger partial charge in [-0.05, 0) is 32.8 Å². The molecule has 1 fully saturated rings. The highest BCUT2D eigenvalue weighted by Gasteiger charge is 2.24. The molecule has 1 amide bonds. The van der Waals surface area contributed by atoms with Gasteiger partial charge in [-0.3, -0.25) is 9.00 Å². The summed E-state index contributed by atoms with van der Waals surface area (Å²) in [4.78, 5) is 12.2. The number of hydrogen-bond donors (Lipinski definition) is 1. The van der Waals surface area contributed by atoms with Crippen LogP contribution in [0.4, 0.5) is 0 Å². The zero-order valence-corrected chi connectivity index (χ0v) is 14.2. The van der Waals surface area contributed by atoms with E-state index in [9.17, 15) is 9.00 Å². The van der Waals surface area contributed by atoms with Gasteiger partial charge in [0, 0.05) is 22.4 Å². The number of benzene rings is 1. The number of ether oxygens (including phenoxy) is 1. The van der Waals surface area contributed by atoms with Crippen molar-refractivity contribution in [3.05, 3.63) is 29.8 Å². The number of rotatable bonds is 7. The fourth-order valence-corrected chi connectivity index (χ4v) is 3.81. The third kappa shape index (κ3) is 4.57. The van der Waals surface area contributed by atoms with Gasteiger partial charge in [0.05, 0.1) is 12.4 Å². The Bertz CT molecular complexity index is 526. The van der Waals surface area contributed by atoms with Crippen molar-refractivity contribution in [3.8, 4) is 5.75 Å². The molecule has 5 heteroatoms. The summed E-state index contributed by atoms with van der Waals surface area (Å²) in [6, 6.07) is 7.85. The smallest absolute Gasteiger partial charge is 0.235 e.